The minimum absolute atomic E-state index is 0.0159. The maximum absolute atomic E-state index is 14.1. The van der Waals surface area contributed by atoms with Crippen LogP contribution in [0.15, 0.2) is 64.0 Å². The molecule has 0 fully saturated rings. The van der Waals surface area contributed by atoms with Crippen LogP contribution in [0.4, 0.5) is 4.39 Å². The molecule has 1 amide bonds. The van der Waals surface area contributed by atoms with E-state index in [1.54, 1.807) is 6.07 Å². The van der Waals surface area contributed by atoms with Crippen molar-refractivity contribution >= 4 is 5.91 Å². The molecular formula is C24H23FN2O4. The fourth-order valence-corrected chi connectivity index (χ4v) is 3.66. The van der Waals surface area contributed by atoms with E-state index in [1.807, 2.05) is 6.07 Å². The van der Waals surface area contributed by atoms with Crippen molar-refractivity contribution in [1.29, 1.82) is 0 Å². The van der Waals surface area contributed by atoms with Gasteiger partial charge in [0, 0.05) is 26.2 Å². The minimum atomic E-state index is -0.647. The Labute approximate surface area is 179 Å². The Morgan fingerprint density at radius 3 is 2.74 bits per heavy atom. The standard InChI is InChI=1S/C24H23FN2O4/c1-26-24(29)20-7-6-16(10-21(20)25)14-31-23-15-30-19(11-22(23)28)13-27-9-8-17-4-2-3-5-18(17)12-27/h2-7,10-11,15H,8-9,12-14H2,1H3,(H,26,29). The SMILES string of the molecule is CNC(=O)c1ccc(COc2coc(CN3CCc4ccccc4C3)cc2=O)cc1F. The Balaban J connectivity index is 1.38. The summed E-state index contributed by atoms with van der Waals surface area (Å²) in [4.78, 5) is 26.2. The summed E-state index contributed by atoms with van der Waals surface area (Å²) in [5.74, 6) is -0.523. The zero-order valence-electron chi connectivity index (χ0n) is 17.2. The Morgan fingerprint density at radius 1 is 1.19 bits per heavy atom. The molecule has 2 aromatic carbocycles. The maximum Gasteiger partial charge on any atom is 0.253 e. The quantitative estimate of drug-likeness (QED) is 0.660. The van der Waals surface area contributed by atoms with E-state index in [-0.39, 0.29) is 23.3 Å². The summed E-state index contributed by atoms with van der Waals surface area (Å²) < 4.78 is 25.2. The van der Waals surface area contributed by atoms with Gasteiger partial charge in [0.15, 0.2) is 0 Å². The van der Waals surface area contributed by atoms with E-state index in [4.69, 9.17) is 9.15 Å². The van der Waals surface area contributed by atoms with Crippen LogP contribution in [0.25, 0.3) is 0 Å². The number of nitrogens with one attached hydrogen (secondary N) is 1. The number of amides is 1. The fraction of sp³-hybridized carbons (Fsp3) is 0.250. The molecule has 0 radical (unpaired) electrons. The van der Waals surface area contributed by atoms with E-state index in [2.05, 4.69) is 28.4 Å². The smallest absolute Gasteiger partial charge is 0.253 e. The lowest BCUT2D eigenvalue weighted by Gasteiger charge is -2.28. The van der Waals surface area contributed by atoms with Gasteiger partial charge in [0.05, 0.1) is 12.1 Å². The second-order valence-corrected chi connectivity index (χ2v) is 7.49. The zero-order chi connectivity index (χ0) is 21.8. The molecule has 1 aromatic heterocycles. The van der Waals surface area contributed by atoms with Gasteiger partial charge in [-0.2, -0.15) is 0 Å². The van der Waals surface area contributed by atoms with Crippen LogP contribution >= 0.6 is 0 Å². The molecule has 2 heterocycles. The highest BCUT2D eigenvalue weighted by Crippen LogP contribution is 2.20. The Hall–Kier alpha value is -3.45. The van der Waals surface area contributed by atoms with Gasteiger partial charge in [-0.3, -0.25) is 14.5 Å². The van der Waals surface area contributed by atoms with Crippen LogP contribution in [-0.2, 0) is 26.1 Å². The molecule has 1 aliphatic rings. The number of ether oxygens (including phenoxy) is 1. The fourth-order valence-electron chi connectivity index (χ4n) is 3.66. The van der Waals surface area contributed by atoms with E-state index in [0.717, 1.165) is 19.5 Å². The van der Waals surface area contributed by atoms with Crippen molar-refractivity contribution in [2.75, 3.05) is 13.6 Å². The largest absolute Gasteiger partial charge is 0.482 e. The molecule has 4 rings (SSSR count). The first-order chi connectivity index (χ1) is 15.0. The first kappa shape index (κ1) is 20.8. The van der Waals surface area contributed by atoms with Gasteiger partial charge in [-0.1, -0.05) is 30.3 Å². The van der Waals surface area contributed by atoms with Crippen LogP contribution in [0.3, 0.4) is 0 Å². The zero-order valence-corrected chi connectivity index (χ0v) is 17.2. The summed E-state index contributed by atoms with van der Waals surface area (Å²) in [6, 6.07) is 14.0. The van der Waals surface area contributed by atoms with Gasteiger partial charge in [-0.05, 0) is 35.2 Å². The molecule has 0 aliphatic carbocycles. The van der Waals surface area contributed by atoms with Gasteiger partial charge in [0.25, 0.3) is 5.91 Å². The van der Waals surface area contributed by atoms with Gasteiger partial charge in [0.2, 0.25) is 11.2 Å². The number of carbonyl (C=O) groups excluding carboxylic acids is 1. The lowest BCUT2D eigenvalue weighted by molar-refractivity contribution is 0.0959. The summed E-state index contributed by atoms with van der Waals surface area (Å²) >= 11 is 0. The van der Waals surface area contributed by atoms with Crippen molar-refractivity contribution in [2.45, 2.75) is 26.1 Å². The van der Waals surface area contributed by atoms with Crippen LogP contribution in [0.2, 0.25) is 0 Å². The number of benzene rings is 2. The minimum Gasteiger partial charge on any atom is -0.482 e. The predicted molar refractivity (Wildman–Crippen MR) is 113 cm³/mol. The molecule has 0 bridgehead atoms. The third-order valence-corrected chi connectivity index (χ3v) is 5.34. The second kappa shape index (κ2) is 9.14. The van der Waals surface area contributed by atoms with E-state index < -0.39 is 11.7 Å². The molecule has 6 nitrogen and oxygen atoms in total. The molecule has 31 heavy (non-hydrogen) atoms. The van der Waals surface area contributed by atoms with E-state index in [0.29, 0.717) is 17.9 Å². The normalized spacial score (nSPS) is 13.5. The Morgan fingerprint density at radius 2 is 2.00 bits per heavy atom. The summed E-state index contributed by atoms with van der Waals surface area (Å²) in [5, 5.41) is 2.38. The molecule has 0 saturated carbocycles. The molecule has 0 atom stereocenters. The Kier molecular flexibility index (Phi) is 6.13. The highest BCUT2D eigenvalue weighted by Gasteiger charge is 2.17. The van der Waals surface area contributed by atoms with Crippen LogP contribution in [0.1, 0.15) is 32.8 Å². The van der Waals surface area contributed by atoms with Gasteiger partial charge < -0.3 is 14.5 Å². The third kappa shape index (κ3) is 4.83. The first-order valence-corrected chi connectivity index (χ1v) is 10.1. The molecule has 1 aliphatic heterocycles. The molecular weight excluding hydrogens is 399 g/mol. The topological polar surface area (TPSA) is 71.8 Å². The first-order valence-electron chi connectivity index (χ1n) is 10.1. The van der Waals surface area contributed by atoms with Gasteiger partial charge in [-0.15, -0.1) is 0 Å². The van der Waals surface area contributed by atoms with Gasteiger partial charge in [-0.25, -0.2) is 4.39 Å². The van der Waals surface area contributed by atoms with E-state index in [1.165, 1.54) is 42.6 Å². The summed E-state index contributed by atoms with van der Waals surface area (Å²) in [6.45, 7) is 2.24. The monoisotopic (exact) mass is 422 g/mol. The number of hydrogen-bond donors (Lipinski definition) is 1. The number of rotatable bonds is 6. The lowest BCUT2D eigenvalue weighted by atomic mass is 10.00. The highest BCUT2D eigenvalue weighted by atomic mass is 19.1. The summed E-state index contributed by atoms with van der Waals surface area (Å²) in [6.07, 6.45) is 2.27. The summed E-state index contributed by atoms with van der Waals surface area (Å²) in [7, 11) is 1.44. The van der Waals surface area contributed by atoms with Gasteiger partial charge >= 0.3 is 0 Å². The summed E-state index contributed by atoms with van der Waals surface area (Å²) in [5.41, 5.74) is 2.83. The molecule has 1 N–H and O–H groups in total. The predicted octanol–water partition coefficient (Wildman–Crippen LogP) is 3.28. The van der Waals surface area contributed by atoms with Crippen molar-refractivity contribution in [1.82, 2.24) is 10.2 Å². The number of nitrogens with zero attached hydrogens (tertiary/aromatic N) is 1. The van der Waals surface area contributed by atoms with Crippen molar-refractivity contribution in [2.24, 2.45) is 0 Å². The third-order valence-electron chi connectivity index (χ3n) is 5.34. The lowest BCUT2D eigenvalue weighted by Crippen LogP contribution is -2.30. The van der Waals surface area contributed by atoms with Gasteiger partial charge in [0.1, 0.15) is 24.4 Å². The molecule has 0 unspecified atom stereocenters. The Bertz CT molecular complexity index is 1160. The van der Waals surface area contributed by atoms with Crippen molar-refractivity contribution in [3.8, 4) is 5.75 Å². The maximum atomic E-state index is 14.1. The number of fused-ring (bicyclic) bond motifs is 1. The molecule has 3 aromatic rings. The average Bonchev–Trinajstić information content (AvgIpc) is 2.78. The highest BCUT2D eigenvalue weighted by molar-refractivity contribution is 5.94. The van der Waals surface area contributed by atoms with Crippen LogP contribution in [0, 0.1) is 5.82 Å². The molecule has 160 valence electrons. The van der Waals surface area contributed by atoms with Crippen LogP contribution in [-0.4, -0.2) is 24.4 Å². The van der Waals surface area contributed by atoms with Crippen molar-refractivity contribution < 1.29 is 18.3 Å². The number of carbonyl (C=O) groups is 1. The van der Waals surface area contributed by atoms with E-state index in [9.17, 15) is 14.0 Å². The molecule has 7 heteroatoms. The number of hydrogen-bond acceptors (Lipinski definition) is 5. The van der Waals surface area contributed by atoms with Crippen molar-refractivity contribution in [3.63, 3.8) is 0 Å². The van der Waals surface area contributed by atoms with E-state index >= 15 is 0 Å². The second-order valence-electron chi connectivity index (χ2n) is 7.49. The molecule has 0 spiro atoms. The van der Waals surface area contributed by atoms with Crippen molar-refractivity contribution in [3.05, 3.63) is 98.8 Å². The van der Waals surface area contributed by atoms with Crippen LogP contribution < -0.4 is 15.5 Å². The molecule has 0 saturated heterocycles. The average molecular weight is 422 g/mol. The number of halogens is 1. The van der Waals surface area contributed by atoms with Crippen LogP contribution in [0.5, 0.6) is 5.75 Å².